The Kier molecular flexibility index (Phi) is 11.2. The number of nitrogens with one attached hydrogen (secondary N) is 1. The van der Waals surface area contributed by atoms with Crippen molar-refractivity contribution in [1.82, 2.24) is 5.32 Å². The predicted molar refractivity (Wildman–Crippen MR) is 205 cm³/mol. The minimum absolute atomic E-state index is 0.00471. The molecule has 5 fully saturated rings. The van der Waals surface area contributed by atoms with Gasteiger partial charge in [-0.3, -0.25) is 24.0 Å². The molecule has 0 aromatic heterocycles. The molecular formula is C44H67NO11. The van der Waals surface area contributed by atoms with Crippen molar-refractivity contribution in [2.75, 3.05) is 6.61 Å². The fourth-order valence-corrected chi connectivity index (χ4v) is 13.3. The average Bonchev–Trinajstić information content (AvgIpc) is 3.07. The van der Waals surface area contributed by atoms with Gasteiger partial charge in [-0.05, 0) is 109 Å². The maximum atomic E-state index is 15.2. The smallest absolute Gasteiger partial charge is 0.303 e. The van der Waals surface area contributed by atoms with E-state index in [1.54, 1.807) is 0 Å². The van der Waals surface area contributed by atoms with E-state index in [1.807, 2.05) is 0 Å². The lowest BCUT2D eigenvalue weighted by atomic mass is 9.33. The molecule has 1 unspecified atom stereocenters. The fraction of sp³-hybridized carbons (Fsp3) is 0.841. The molecule has 0 aromatic carbocycles. The Morgan fingerprint density at radius 1 is 0.750 bits per heavy atom. The molecule has 1 aliphatic heterocycles. The monoisotopic (exact) mass is 785 g/mol. The summed E-state index contributed by atoms with van der Waals surface area (Å²) in [4.78, 5) is 64.5. The molecule has 5 aliphatic carbocycles. The summed E-state index contributed by atoms with van der Waals surface area (Å²) in [6.45, 7) is 21.0. The molecule has 2 N–H and O–H groups in total. The molecule has 6 rings (SSSR count). The van der Waals surface area contributed by atoms with Crippen LogP contribution in [0.15, 0.2) is 11.6 Å². The second-order valence-electron chi connectivity index (χ2n) is 20.3. The molecule has 0 aromatic rings. The number of fused-ring (bicyclic) bond motifs is 7. The minimum Gasteiger partial charge on any atom is -0.463 e. The van der Waals surface area contributed by atoms with Crippen LogP contribution < -0.4 is 5.32 Å². The third kappa shape index (κ3) is 7.00. The van der Waals surface area contributed by atoms with Crippen molar-refractivity contribution in [3.8, 4) is 0 Å². The molecule has 12 nitrogen and oxygen atoms in total. The minimum atomic E-state index is -1.37. The van der Waals surface area contributed by atoms with Crippen molar-refractivity contribution in [3.05, 3.63) is 11.6 Å². The highest BCUT2D eigenvalue weighted by atomic mass is 16.7. The zero-order valence-electron chi connectivity index (χ0n) is 35.6. The van der Waals surface area contributed by atoms with Crippen molar-refractivity contribution in [2.45, 2.75) is 177 Å². The largest absolute Gasteiger partial charge is 0.463 e. The van der Waals surface area contributed by atoms with Crippen LogP contribution in [-0.4, -0.2) is 78.2 Å². The highest BCUT2D eigenvalue weighted by molar-refractivity contribution is 5.84. The molecule has 56 heavy (non-hydrogen) atoms. The summed E-state index contributed by atoms with van der Waals surface area (Å²) in [5.74, 6) is -2.17. The summed E-state index contributed by atoms with van der Waals surface area (Å²) >= 11 is 0. The van der Waals surface area contributed by atoms with Crippen molar-refractivity contribution in [3.63, 3.8) is 0 Å². The molecule has 13 atom stereocenters. The summed E-state index contributed by atoms with van der Waals surface area (Å²) in [6.07, 6.45) is 4.43. The lowest BCUT2D eigenvalue weighted by Crippen LogP contribution is -2.68. The lowest BCUT2D eigenvalue weighted by Gasteiger charge is -2.71. The van der Waals surface area contributed by atoms with Gasteiger partial charge in [0.2, 0.25) is 5.91 Å². The molecule has 0 spiro atoms. The van der Waals surface area contributed by atoms with Gasteiger partial charge in [0.05, 0.1) is 11.5 Å². The molecule has 0 radical (unpaired) electrons. The summed E-state index contributed by atoms with van der Waals surface area (Å²) in [5, 5.41) is 14.3. The first-order chi connectivity index (χ1) is 25.9. The second-order valence-corrected chi connectivity index (χ2v) is 20.3. The third-order valence-corrected chi connectivity index (χ3v) is 16.3. The number of aliphatic hydroxyl groups excluding tert-OH is 1. The summed E-state index contributed by atoms with van der Waals surface area (Å²) in [7, 11) is 0. The molecular weight excluding hydrogens is 718 g/mol. The quantitative estimate of drug-likeness (QED) is 0.168. The topological polar surface area (TPSA) is 164 Å². The maximum Gasteiger partial charge on any atom is 0.303 e. The van der Waals surface area contributed by atoms with Crippen LogP contribution in [0.5, 0.6) is 0 Å². The number of hydrogen-bond acceptors (Lipinski definition) is 11. The Labute approximate surface area is 332 Å². The Morgan fingerprint density at radius 3 is 1.98 bits per heavy atom. The SMILES string of the molecule is CC(=O)OC[C@@H]1O[C@H](NC(=O)[C@]23CCC(C)(C)C[C@H]2C2=CC[C@@H]4[C@@]5(C)CC[C@H](O)C(C)(C)C5CC[C@@]4(C)[C@]2(C)CC3)[C@@H](OC(C)=O)[C@H](OC(C)=O)[C@@H]1OC(C)=O. The van der Waals surface area contributed by atoms with Crippen molar-refractivity contribution in [2.24, 2.45) is 50.2 Å². The predicted octanol–water partition coefficient (Wildman–Crippen LogP) is 6.35. The van der Waals surface area contributed by atoms with Gasteiger partial charge < -0.3 is 34.1 Å². The molecule has 12 heteroatoms. The van der Waals surface area contributed by atoms with Gasteiger partial charge in [0, 0.05) is 27.7 Å². The molecule has 0 bridgehead atoms. The van der Waals surface area contributed by atoms with E-state index >= 15 is 4.79 Å². The van der Waals surface area contributed by atoms with E-state index in [9.17, 15) is 24.3 Å². The van der Waals surface area contributed by atoms with E-state index in [0.29, 0.717) is 24.7 Å². The number of hydrogen-bond donors (Lipinski definition) is 2. The van der Waals surface area contributed by atoms with Crippen LogP contribution in [0.3, 0.4) is 0 Å². The number of allylic oxidation sites excluding steroid dienone is 2. The summed E-state index contributed by atoms with van der Waals surface area (Å²) in [6, 6.07) is 0. The number of aliphatic hydroxyl groups is 1. The van der Waals surface area contributed by atoms with E-state index in [0.717, 1.165) is 51.4 Å². The maximum absolute atomic E-state index is 15.2. The molecule has 1 amide bonds. The first-order valence-corrected chi connectivity index (χ1v) is 20.9. The van der Waals surface area contributed by atoms with Crippen LogP contribution >= 0.6 is 0 Å². The Morgan fingerprint density at radius 2 is 1.36 bits per heavy atom. The zero-order valence-corrected chi connectivity index (χ0v) is 35.6. The standard InChI is InChI=1S/C44H67NO11/c1-24(46)52-23-30-34(53-25(2)47)35(54-26(3)48)36(55-27(4)49)37(56-30)45-38(51)44-20-18-39(5,6)22-29(44)28-12-13-32-41(9)16-15-33(50)40(7,8)31(41)14-17-43(32,11)42(28,10)19-21-44/h12,29-37,50H,13-23H2,1-11H3,(H,45,51)/t29-,30-,31?,32+,33-,34+,35+,36-,37-,41-,42+,43+,44-/m0/s1. The van der Waals surface area contributed by atoms with E-state index in [-0.39, 0.29) is 51.6 Å². The Hall–Kier alpha value is -2.99. The van der Waals surface area contributed by atoms with Gasteiger partial charge in [-0.1, -0.05) is 60.1 Å². The third-order valence-electron chi connectivity index (χ3n) is 16.3. The van der Waals surface area contributed by atoms with Gasteiger partial charge in [-0.2, -0.15) is 0 Å². The highest BCUT2D eigenvalue weighted by Crippen LogP contribution is 2.75. The van der Waals surface area contributed by atoms with Crippen molar-refractivity contribution < 1.29 is 52.8 Å². The zero-order chi connectivity index (χ0) is 41.4. The molecule has 1 saturated heterocycles. The van der Waals surface area contributed by atoms with Crippen LogP contribution in [0, 0.1) is 50.2 Å². The molecule has 4 saturated carbocycles. The van der Waals surface area contributed by atoms with Crippen LogP contribution in [-0.2, 0) is 47.7 Å². The first kappa shape index (κ1) is 42.6. The normalized spacial score (nSPS) is 43.5. The van der Waals surface area contributed by atoms with Crippen molar-refractivity contribution in [1.29, 1.82) is 0 Å². The van der Waals surface area contributed by atoms with E-state index in [4.69, 9.17) is 23.7 Å². The second kappa shape index (κ2) is 14.7. The first-order valence-electron chi connectivity index (χ1n) is 20.9. The Balaban J connectivity index is 1.37. The van der Waals surface area contributed by atoms with Gasteiger partial charge in [0.25, 0.3) is 0 Å². The number of esters is 4. The van der Waals surface area contributed by atoms with E-state index < -0.39 is 59.9 Å². The highest BCUT2D eigenvalue weighted by Gasteiger charge is 2.69. The van der Waals surface area contributed by atoms with Crippen LogP contribution in [0.4, 0.5) is 0 Å². The number of ether oxygens (including phenoxy) is 5. The van der Waals surface area contributed by atoms with Crippen molar-refractivity contribution >= 4 is 29.8 Å². The van der Waals surface area contributed by atoms with Gasteiger partial charge in [-0.25, -0.2) is 0 Å². The number of amides is 1. The fourth-order valence-electron chi connectivity index (χ4n) is 13.3. The molecule has 6 aliphatic rings. The van der Waals surface area contributed by atoms with E-state index in [2.05, 4.69) is 59.9 Å². The van der Waals surface area contributed by atoms with Gasteiger partial charge >= 0.3 is 23.9 Å². The summed E-state index contributed by atoms with van der Waals surface area (Å²) in [5.41, 5.74) is 0.387. The average molecular weight is 786 g/mol. The molecule has 1 heterocycles. The van der Waals surface area contributed by atoms with Crippen LogP contribution in [0.25, 0.3) is 0 Å². The summed E-state index contributed by atoms with van der Waals surface area (Å²) < 4.78 is 28.6. The van der Waals surface area contributed by atoms with E-state index in [1.165, 1.54) is 33.3 Å². The van der Waals surface area contributed by atoms with Gasteiger partial charge in [0.1, 0.15) is 12.7 Å². The van der Waals surface area contributed by atoms with Crippen LogP contribution in [0.2, 0.25) is 0 Å². The number of carbonyl (C=O) groups excluding carboxylic acids is 5. The van der Waals surface area contributed by atoms with Crippen LogP contribution in [0.1, 0.15) is 140 Å². The lowest BCUT2D eigenvalue weighted by molar-refractivity contribution is -0.258. The van der Waals surface area contributed by atoms with Gasteiger partial charge in [-0.15, -0.1) is 0 Å². The molecule has 314 valence electrons. The Bertz CT molecular complexity index is 1640. The van der Waals surface area contributed by atoms with Gasteiger partial charge in [0.15, 0.2) is 24.5 Å². The number of carbonyl (C=O) groups is 5. The number of rotatable bonds is 7.